The van der Waals surface area contributed by atoms with Crippen molar-refractivity contribution in [3.63, 3.8) is 0 Å². The van der Waals surface area contributed by atoms with Gasteiger partial charge in [-0.05, 0) is 62.2 Å². The van der Waals surface area contributed by atoms with Crippen molar-refractivity contribution in [2.75, 3.05) is 11.4 Å². The van der Waals surface area contributed by atoms with Crippen LogP contribution in [0.1, 0.15) is 33.3 Å². The lowest BCUT2D eigenvalue weighted by Gasteiger charge is -2.36. The number of pyridine rings is 1. The Kier molecular flexibility index (Phi) is 3.77. The lowest BCUT2D eigenvalue weighted by molar-refractivity contribution is 0.507. The number of anilines is 1. The van der Waals surface area contributed by atoms with Crippen molar-refractivity contribution < 1.29 is 0 Å². The molecule has 0 aliphatic carbocycles. The predicted molar refractivity (Wildman–Crippen MR) is 69.4 cm³/mol. The van der Waals surface area contributed by atoms with Gasteiger partial charge < -0.3 is 4.90 Å². The van der Waals surface area contributed by atoms with Gasteiger partial charge in [0.1, 0.15) is 5.82 Å². The maximum atomic E-state index is 4.49. The molecule has 1 heterocycles. The Bertz CT molecular complexity index is 342. The molecule has 0 spiro atoms. The maximum absolute atomic E-state index is 4.49. The van der Waals surface area contributed by atoms with Crippen LogP contribution in [0.3, 0.4) is 0 Å². The molecule has 0 radical (unpaired) electrons. The zero-order valence-corrected chi connectivity index (χ0v) is 11.7. The Morgan fingerprint density at radius 1 is 1.40 bits per heavy atom. The Balaban J connectivity index is 3.13. The van der Waals surface area contributed by atoms with E-state index in [1.807, 2.05) is 6.20 Å². The Morgan fingerprint density at radius 3 is 2.40 bits per heavy atom. The van der Waals surface area contributed by atoms with Crippen LogP contribution in [0.15, 0.2) is 16.7 Å². The third kappa shape index (κ3) is 2.94. The maximum Gasteiger partial charge on any atom is 0.131 e. The number of aromatic nitrogens is 1. The average molecular weight is 271 g/mol. The second-order valence-electron chi connectivity index (χ2n) is 4.71. The Labute approximate surface area is 101 Å². The van der Waals surface area contributed by atoms with Gasteiger partial charge in [0.15, 0.2) is 0 Å². The molecule has 0 saturated heterocycles. The van der Waals surface area contributed by atoms with Gasteiger partial charge in [0.25, 0.3) is 0 Å². The van der Waals surface area contributed by atoms with Crippen LogP contribution in [0.4, 0.5) is 5.82 Å². The Morgan fingerprint density at radius 2 is 2.00 bits per heavy atom. The molecule has 1 aromatic heterocycles. The van der Waals surface area contributed by atoms with Crippen LogP contribution in [-0.2, 0) is 0 Å². The van der Waals surface area contributed by atoms with Crippen molar-refractivity contribution >= 4 is 21.7 Å². The zero-order chi connectivity index (χ0) is 11.6. The van der Waals surface area contributed by atoms with Crippen molar-refractivity contribution in [2.24, 2.45) is 0 Å². The number of hydrogen-bond acceptors (Lipinski definition) is 2. The highest BCUT2D eigenvalue weighted by atomic mass is 79.9. The molecule has 0 saturated carbocycles. The van der Waals surface area contributed by atoms with Crippen molar-refractivity contribution in [1.82, 2.24) is 4.98 Å². The minimum Gasteiger partial charge on any atom is -0.352 e. The van der Waals surface area contributed by atoms with Gasteiger partial charge in [-0.1, -0.05) is 0 Å². The first-order chi connectivity index (χ1) is 6.86. The van der Waals surface area contributed by atoms with Gasteiger partial charge >= 0.3 is 0 Å². The minimum absolute atomic E-state index is 0.111. The van der Waals surface area contributed by atoms with E-state index >= 15 is 0 Å². The van der Waals surface area contributed by atoms with Crippen molar-refractivity contribution in [3.05, 3.63) is 22.3 Å². The van der Waals surface area contributed by atoms with Crippen LogP contribution in [0.25, 0.3) is 0 Å². The summed E-state index contributed by atoms with van der Waals surface area (Å²) in [5.41, 5.74) is 1.32. The second kappa shape index (κ2) is 4.52. The summed E-state index contributed by atoms with van der Waals surface area (Å²) in [5.74, 6) is 1.08. The van der Waals surface area contributed by atoms with Crippen molar-refractivity contribution in [2.45, 2.75) is 40.2 Å². The molecule has 3 heteroatoms. The van der Waals surface area contributed by atoms with Gasteiger partial charge in [-0.25, -0.2) is 4.98 Å². The quantitative estimate of drug-likeness (QED) is 0.813. The predicted octanol–water partition coefficient (Wildman–Crippen LogP) is 3.78. The highest BCUT2D eigenvalue weighted by Gasteiger charge is 2.22. The van der Waals surface area contributed by atoms with Gasteiger partial charge in [-0.3, -0.25) is 0 Å². The molecule has 0 aliphatic rings. The largest absolute Gasteiger partial charge is 0.352 e. The monoisotopic (exact) mass is 270 g/mol. The number of aryl methyl sites for hydroxylation is 1. The summed E-state index contributed by atoms with van der Waals surface area (Å²) in [7, 11) is 0. The van der Waals surface area contributed by atoms with Gasteiger partial charge in [-0.15, -0.1) is 0 Å². The van der Waals surface area contributed by atoms with E-state index in [-0.39, 0.29) is 5.54 Å². The Hall–Kier alpha value is -0.570. The average Bonchev–Trinajstić information content (AvgIpc) is 2.07. The fourth-order valence-electron chi connectivity index (χ4n) is 1.76. The molecule has 0 aliphatic heterocycles. The molecule has 1 aromatic rings. The lowest BCUT2D eigenvalue weighted by Crippen LogP contribution is -2.42. The fraction of sp³-hybridized carbons (Fsp3) is 0.583. The first kappa shape index (κ1) is 12.5. The molecule has 0 amide bonds. The summed E-state index contributed by atoms with van der Waals surface area (Å²) in [6.45, 7) is 11.9. The minimum atomic E-state index is 0.111. The highest BCUT2D eigenvalue weighted by Crippen LogP contribution is 2.26. The SMILES string of the molecule is CCN(c1ncc(Br)cc1C)C(C)(C)C. The van der Waals surface area contributed by atoms with Gasteiger partial charge in [-0.2, -0.15) is 0 Å². The van der Waals surface area contributed by atoms with Crippen molar-refractivity contribution in [3.8, 4) is 0 Å². The number of hydrogen-bond donors (Lipinski definition) is 0. The topological polar surface area (TPSA) is 16.1 Å². The number of rotatable bonds is 2. The zero-order valence-electron chi connectivity index (χ0n) is 10.1. The third-order valence-corrected chi connectivity index (χ3v) is 2.83. The first-order valence-corrected chi connectivity index (χ1v) is 6.05. The molecular weight excluding hydrogens is 252 g/mol. The lowest BCUT2D eigenvalue weighted by atomic mass is 10.1. The summed E-state index contributed by atoms with van der Waals surface area (Å²) >= 11 is 3.44. The number of nitrogens with zero attached hydrogens (tertiary/aromatic N) is 2. The fourth-order valence-corrected chi connectivity index (χ4v) is 2.20. The summed E-state index contributed by atoms with van der Waals surface area (Å²) in [6, 6.07) is 2.11. The van der Waals surface area contributed by atoms with Crippen molar-refractivity contribution in [1.29, 1.82) is 0 Å². The summed E-state index contributed by atoms with van der Waals surface area (Å²) in [5, 5.41) is 0. The van der Waals surface area contributed by atoms with E-state index in [9.17, 15) is 0 Å². The summed E-state index contributed by atoms with van der Waals surface area (Å²) < 4.78 is 1.04. The van der Waals surface area contributed by atoms with Crippen LogP contribution in [-0.4, -0.2) is 17.1 Å². The number of halogens is 1. The van der Waals surface area contributed by atoms with Gasteiger partial charge in [0, 0.05) is 22.8 Å². The van der Waals surface area contributed by atoms with Crippen LogP contribution in [0.5, 0.6) is 0 Å². The van der Waals surface area contributed by atoms with E-state index in [2.05, 4.69) is 66.5 Å². The van der Waals surface area contributed by atoms with Gasteiger partial charge in [0.05, 0.1) is 0 Å². The van der Waals surface area contributed by atoms with E-state index in [1.54, 1.807) is 0 Å². The molecule has 0 aromatic carbocycles. The molecule has 1 rings (SSSR count). The van der Waals surface area contributed by atoms with E-state index in [1.165, 1.54) is 5.56 Å². The molecule has 0 atom stereocenters. The first-order valence-electron chi connectivity index (χ1n) is 5.26. The molecule has 0 unspecified atom stereocenters. The van der Waals surface area contributed by atoms with Gasteiger partial charge in [0.2, 0.25) is 0 Å². The van der Waals surface area contributed by atoms with Crippen LogP contribution in [0.2, 0.25) is 0 Å². The molecule has 2 nitrogen and oxygen atoms in total. The van der Waals surface area contributed by atoms with E-state index in [0.717, 1.165) is 16.8 Å². The van der Waals surface area contributed by atoms with E-state index in [4.69, 9.17) is 0 Å². The van der Waals surface area contributed by atoms with Crippen LogP contribution >= 0.6 is 15.9 Å². The third-order valence-electron chi connectivity index (χ3n) is 2.40. The molecular formula is C12H19BrN2. The second-order valence-corrected chi connectivity index (χ2v) is 5.62. The standard InChI is InChI=1S/C12H19BrN2/c1-6-15(12(3,4)5)11-9(2)7-10(13)8-14-11/h7-8H,6H2,1-5H3. The summed E-state index contributed by atoms with van der Waals surface area (Å²) in [6.07, 6.45) is 1.86. The van der Waals surface area contributed by atoms with E-state index in [0.29, 0.717) is 0 Å². The molecule has 0 fully saturated rings. The van der Waals surface area contributed by atoms with Crippen LogP contribution < -0.4 is 4.90 Å². The normalized spacial score (nSPS) is 11.6. The highest BCUT2D eigenvalue weighted by molar-refractivity contribution is 9.10. The molecule has 15 heavy (non-hydrogen) atoms. The molecule has 84 valence electrons. The van der Waals surface area contributed by atoms with Crippen LogP contribution in [0, 0.1) is 6.92 Å². The summed E-state index contributed by atoms with van der Waals surface area (Å²) in [4.78, 5) is 6.81. The molecule has 0 N–H and O–H groups in total. The smallest absolute Gasteiger partial charge is 0.131 e. The van der Waals surface area contributed by atoms with E-state index < -0.39 is 0 Å². The molecule has 0 bridgehead atoms.